The van der Waals surface area contributed by atoms with Crippen molar-refractivity contribution in [3.8, 4) is 0 Å². The van der Waals surface area contributed by atoms with E-state index in [1.807, 2.05) is 38.2 Å². The van der Waals surface area contributed by atoms with Crippen LogP contribution >= 0.6 is 15.9 Å². The Balaban J connectivity index is 3.04. The van der Waals surface area contributed by atoms with Crippen molar-refractivity contribution in [2.45, 2.75) is 19.0 Å². The highest BCUT2D eigenvalue weighted by atomic mass is 79.9. The second-order valence-corrected chi connectivity index (χ2v) is 4.41. The van der Waals surface area contributed by atoms with Crippen molar-refractivity contribution in [2.75, 3.05) is 14.2 Å². The van der Waals surface area contributed by atoms with Crippen molar-refractivity contribution in [3.63, 3.8) is 0 Å². The molecule has 15 heavy (non-hydrogen) atoms. The number of hydrogen-bond donors (Lipinski definition) is 1. The monoisotopic (exact) mass is 272 g/mol. The van der Waals surface area contributed by atoms with Gasteiger partial charge in [-0.3, -0.25) is 0 Å². The lowest BCUT2D eigenvalue weighted by atomic mass is 10.0. The van der Waals surface area contributed by atoms with E-state index in [1.165, 1.54) is 0 Å². The SMILES string of the molecule is CON(C)C(c1ccccc1Br)C(C)N. The lowest BCUT2D eigenvalue weighted by Crippen LogP contribution is -2.36. The molecular formula is C11H17BrN2O. The van der Waals surface area contributed by atoms with Crippen LogP contribution < -0.4 is 5.73 Å². The fourth-order valence-corrected chi connectivity index (χ4v) is 2.16. The number of hydrogen-bond acceptors (Lipinski definition) is 3. The van der Waals surface area contributed by atoms with E-state index in [4.69, 9.17) is 10.6 Å². The van der Waals surface area contributed by atoms with E-state index >= 15 is 0 Å². The maximum Gasteiger partial charge on any atom is 0.0757 e. The lowest BCUT2D eigenvalue weighted by Gasteiger charge is -2.30. The topological polar surface area (TPSA) is 38.5 Å². The molecule has 3 nitrogen and oxygen atoms in total. The van der Waals surface area contributed by atoms with Gasteiger partial charge in [0.15, 0.2) is 0 Å². The Bertz CT molecular complexity index is 317. The quantitative estimate of drug-likeness (QED) is 0.856. The number of likely N-dealkylation sites (N-methyl/N-ethyl adjacent to an activating group) is 1. The van der Waals surface area contributed by atoms with Gasteiger partial charge in [-0.2, -0.15) is 5.06 Å². The molecule has 2 atom stereocenters. The van der Waals surface area contributed by atoms with Crippen LogP contribution in [0, 0.1) is 0 Å². The maximum atomic E-state index is 5.97. The molecule has 84 valence electrons. The van der Waals surface area contributed by atoms with Crippen molar-refractivity contribution >= 4 is 15.9 Å². The van der Waals surface area contributed by atoms with Crippen molar-refractivity contribution in [3.05, 3.63) is 34.3 Å². The highest BCUT2D eigenvalue weighted by Crippen LogP contribution is 2.28. The Labute approximate surface area is 99.3 Å². The van der Waals surface area contributed by atoms with Gasteiger partial charge in [-0.15, -0.1) is 0 Å². The second-order valence-electron chi connectivity index (χ2n) is 3.55. The first-order valence-electron chi connectivity index (χ1n) is 4.85. The fraction of sp³-hybridized carbons (Fsp3) is 0.455. The van der Waals surface area contributed by atoms with Crippen LogP contribution in [0.15, 0.2) is 28.7 Å². The zero-order valence-corrected chi connectivity index (χ0v) is 10.9. The van der Waals surface area contributed by atoms with Crippen molar-refractivity contribution < 1.29 is 4.84 Å². The molecule has 0 aliphatic carbocycles. The summed E-state index contributed by atoms with van der Waals surface area (Å²) >= 11 is 3.52. The number of halogens is 1. The molecule has 0 fully saturated rings. The van der Waals surface area contributed by atoms with E-state index in [-0.39, 0.29) is 12.1 Å². The van der Waals surface area contributed by atoms with Crippen LogP contribution in [0.4, 0.5) is 0 Å². The number of nitrogens with zero attached hydrogens (tertiary/aromatic N) is 1. The minimum Gasteiger partial charge on any atom is -0.326 e. The molecule has 0 aliphatic heterocycles. The number of nitrogens with two attached hydrogens (primary N) is 1. The van der Waals surface area contributed by atoms with Crippen LogP contribution in [0.1, 0.15) is 18.5 Å². The van der Waals surface area contributed by atoms with Crippen LogP contribution in [0.5, 0.6) is 0 Å². The van der Waals surface area contributed by atoms with Crippen LogP contribution in [-0.4, -0.2) is 25.3 Å². The van der Waals surface area contributed by atoms with Gasteiger partial charge in [0.1, 0.15) is 0 Å². The average molecular weight is 273 g/mol. The van der Waals surface area contributed by atoms with Crippen molar-refractivity contribution in [1.29, 1.82) is 0 Å². The fourth-order valence-electron chi connectivity index (χ4n) is 1.64. The van der Waals surface area contributed by atoms with E-state index in [9.17, 15) is 0 Å². The predicted octanol–water partition coefficient (Wildman–Crippen LogP) is 2.33. The Hall–Kier alpha value is -0.420. The largest absolute Gasteiger partial charge is 0.326 e. The van der Waals surface area contributed by atoms with Crippen LogP contribution in [0.3, 0.4) is 0 Å². The number of rotatable bonds is 4. The molecule has 0 saturated heterocycles. The zero-order chi connectivity index (χ0) is 11.4. The molecule has 0 heterocycles. The van der Waals surface area contributed by atoms with E-state index in [1.54, 1.807) is 12.2 Å². The summed E-state index contributed by atoms with van der Waals surface area (Å²) in [6, 6.07) is 8.08. The third-order valence-corrected chi connectivity index (χ3v) is 3.12. The second kappa shape index (κ2) is 5.61. The standard InChI is InChI=1S/C11H17BrN2O/c1-8(13)11(14(2)15-3)9-6-4-5-7-10(9)12/h4-8,11H,13H2,1-3H3. The Kier molecular flexibility index (Phi) is 4.73. The average Bonchev–Trinajstić information content (AvgIpc) is 2.20. The first-order chi connectivity index (χ1) is 7.07. The normalized spacial score (nSPS) is 15.3. The van der Waals surface area contributed by atoms with Gasteiger partial charge in [-0.1, -0.05) is 34.1 Å². The Morgan fingerprint density at radius 2 is 2.00 bits per heavy atom. The van der Waals surface area contributed by atoms with Gasteiger partial charge in [-0.05, 0) is 18.6 Å². The minimum atomic E-state index is -0.00588. The Morgan fingerprint density at radius 3 is 2.47 bits per heavy atom. The summed E-state index contributed by atoms with van der Waals surface area (Å²) in [7, 11) is 3.53. The molecular weight excluding hydrogens is 256 g/mol. The summed E-state index contributed by atoms with van der Waals surface area (Å²) in [5, 5.41) is 1.77. The molecule has 2 unspecified atom stereocenters. The molecule has 0 radical (unpaired) electrons. The van der Waals surface area contributed by atoms with Crippen LogP contribution in [0.25, 0.3) is 0 Å². The highest BCUT2D eigenvalue weighted by molar-refractivity contribution is 9.10. The molecule has 0 bridgehead atoms. The molecule has 0 aromatic heterocycles. The van der Waals surface area contributed by atoms with Crippen molar-refractivity contribution in [1.82, 2.24) is 5.06 Å². The van der Waals surface area contributed by atoms with Crippen LogP contribution in [-0.2, 0) is 4.84 Å². The summed E-state index contributed by atoms with van der Waals surface area (Å²) in [5.41, 5.74) is 7.11. The van der Waals surface area contributed by atoms with Gasteiger partial charge in [0, 0.05) is 17.6 Å². The van der Waals surface area contributed by atoms with Crippen LogP contribution in [0.2, 0.25) is 0 Å². The van der Waals surface area contributed by atoms with E-state index in [0.717, 1.165) is 10.0 Å². The lowest BCUT2D eigenvalue weighted by molar-refractivity contribution is -0.147. The molecule has 1 rings (SSSR count). The molecule has 0 amide bonds. The highest BCUT2D eigenvalue weighted by Gasteiger charge is 2.22. The maximum absolute atomic E-state index is 5.97. The van der Waals surface area contributed by atoms with Gasteiger partial charge in [0.25, 0.3) is 0 Å². The number of benzene rings is 1. The minimum absolute atomic E-state index is 0.00588. The van der Waals surface area contributed by atoms with Gasteiger partial charge in [0.05, 0.1) is 13.2 Å². The first kappa shape index (κ1) is 12.6. The van der Waals surface area contributed by atoms with E-state index < -0.39 is 0 Å². The van der Waals surface area contributed by atoms with Gasteiger partial charge < -0.3 is 10.6 Å². The Morgan fingerprint density at radius 1 is 1.40 bits per heavy atom. The van der Waals surface area contributed by atoms with Gasteiger partial charge in [0.2, 0.25) is 0 Å². The van der Waals surface area contributed by atoms with Gasteiger partial charge >= 0.3 is 0 Å². The summed E-state index contributed by atoms with van der Waals surface area (Å²) in [5.74, 6) is 0. The smallest absolute Gasteiger partial charge is 0.0757 e. The summed E-state index contributed by atoms with van der Waals surface area (Å²) < 4.78 is 1.05. The molecule has 0 aliphatic rings. The zero-order valence-electron chi connectivity index (χ0n) is 9.27. The summed E-state index contributed by atoms with van der Waals surface area (Å²) in [6.45, 7) is 1.97. The van der Waals surface area contributed by atoms with Gasteiger partial charge in [-0.25, -0.2) is 0 Å². The van der Waals surface area contributed by atoms with E-state index in [2.05, 4.69) is 15.9 Å². The first-order valence-corrected chi connectivity index (χ1v) is 5.64. The molecule has 4 heteroatoms. The molecule has 0 spiro atoms. The molecule has 2 N–H and O–H groups in total. The third kappa shape index (κ3) is 3.01. The number of hydroxylamine groups is 2. The van der Waals surface area contributed by atoms with Crippen molar-refractivity contribution in [2.24, 2.45) is 5.73 Å². The molecule has 1 aromatic rings. The van der Waals surface area contributed by atoms with E-state index in [0.29, 0.717) is 0 Å². The third-order valence-electron chi connectivity index (χ3n) is 2.40. The summed E-state index contributed by atoms with van der Waals surface area (Å²) in [4.78, 5) is 5.22. The molecule has 0 saturated carbocycles. The predicted molar refractivity (Wildman–Crippen MR) is 65.3 cm³/mol. The molecule has 1 aromatic carbocycles. The summed E-state index contributed by atoms with van der Waals surface area (Å²) in [6.07, 6.45) is 0.